The first-order chi connectivity index (χ1) is 14.3. The van der Waals surface area contributed by atoms with E-state index in [1.165, 1.54) is 6.08 Å². The minimum absolute atomic E-state index is 0.121. The molecule has 0 aliphatic rings. The molecule has 0 aromatic heterocycles. The van der Waals surface area contributed by atoms with Crippen LogP contribution in [0.25, 0.3) is 0 Å². The molecule has 10 nitrogen and oxygen atoms in total. The minimum atomic E-state index is -0.454. The normalized spacial score (nSPS) is 11.8. The molecule has 0 heterocycles. The Balaban J connectivity index is 2.58. The van der Waals surface area contributed by atoms with Crippen molar-refractivity contribution in [3.05, 3.63) is 53.6 Å². The van der Waals surface area contributed by atoms with Crippen LogP contribution in [0.5, 0.6) is 0 Å². The van der Waals surface area contributed by atoms with Crippen LogP contribution in [0.4, 0.5) is 5.69 Å². The number of carbonyl (C=O) groups excluding carboxylic acids is 2. The number of hydrogen-bond donors (Lipinski definition) is 5. The fraction of sp³-hybridized carbons (Fsp3) is 0.400. The molecule has 30 heavy (non-hydrogen) atoms. The summed E-state index contributed by atoms with van der Waals surface area (Å²) in [4.78, 5) is 26.4. The highest BCUT2D eigenvalue weighted by Gasteiger charge is 2.13. The van der Waals surface area contributed by atoms with E-state index in [1.807, 2.05) is 0 Å². The smallest absolute Gasteiger partial charge is 0.258 e. The van der Waals surface area contributed by atoms with Crippen LogP contribution in [0.15, 0.2) is 48.1 Å². The van der Waals surface area contributed by atoms with Crippen LogP contribution in [-0.4, -0.2) is 63.8 Å². The van der Waals surface area contributed by atoms with E-state index < -0.39 is 5.91 Å². The van der Waals surface area contributed by atoms with Crippen molar-refractivity contribution in [1.29, 1.82) is 0 Å². The lowest BCUT2D eigenvalue weighted by Crippen LogP contribution is -2.28. The van der Waals surface area contributed by atoms with Gasteiger partial charge in [0.1, 0.15) is 5.82 Å². The first-order valence-corrected chi connectivity index (χ1v) is 9.51. The summed E-state index contributed by atoms with van der Waals surface area (Å²) in [5, 5.41) is 5.28. The fourth-order valence-corrected chi connectivity index (χ4v) is 2.14. The van der Waals surface area contributed by atoms with Gasteiger partial charge in [-0.05, 0) is 24.3 Å². The monoisotopic (exact) mass is 420 g/mol. The molecular weight excluding hydrogens is 388 g/mol. The molecule has 0 saturated carbocycles. The SMILES string of the molecule is CN(C)/C(N)=C/C=C(\N)NC(=O)c1ccccc1NC(=O)CCOCCOCCN. The van der Waals surface area contributed by atoms with Crippen LogP contribution in [0.2, 0.25) is 0 Å². The number of hydrogen-bond acceptors (Lipinski definition) is 8. The lowest BCUT2D eigenvalue weighted by Gasteiger charge is -2.12. The average Bonchev–Trinajstić information content (AvgIpc) is 2.71. The summed E-state index contributed by atoms with van der Waals surface area (Å²) < 4.78 is 10.5. The second-order valence-corrected chi connectivity index (χ2v) is 6.42. The van der Waals surface area contributed by atoms with Gasteiger partial charge in [0.25, 0.3) is 5.91 Å². The third-order valence-corrected chi connectivity index (χ3v) is 3.76. The predicted molar refractivity (Wildman–Crippen MR) is 116 cm³/mol. The average molecular weight is 421 g/mol. The molecule has 8 N–H and O–H groups in total. The standard InChI is InChI=1S/C20H32N6O4/c1-26(2)18(23)8-7-17(22)25-20(28)15-5-3-4-6-16(15)24-19(27)9-11-29-13-14-30-12-10-21/h3-8H,9-14,21-23H2,1-2H3,(H,24,27)(H,25,28)/b17-7+,18-8+. The van der Waals surface area contributed by atoms with Gasteiger partial charge in [0, 0.05) is 20.6 Å². The number of carbonyl (C=O) groups is 2. The van der Waals surface area contributed by atoms with Crippen molar-refractivity contribution in [2.45, 2.75) is 6.42 Å². The molecule has 0 bridgehead atoms. The van der Waals surface area contributed by atoms with E-state index >= 15 is 0 Å². The zero-order valence-electron chi connectivity index (χ0n) is 17.5. The first-order valence-electron chi connectivity index (χ1n) is 9.51. The Kier molecular flexibility index (Phi) is 11.6. The van der Waals surface area contributed by atoms with Gasteiger partial charge < -0.3 is 42.2 Å². The molecule has 2 amide bonds. The number of allylic oxidation sites excluding steroid dienone is 2. The van der Waals surface area contributed by atoms with Gasteiger partial charge in [0.2, 0.25) is 5.91 Å². The van der Waals surface area contributed by atoms with E-state index in [-0.39, 0.29) is 30.3 Å². The number of rotatable bonds is 13. The minimum Gasteiger partial charge on any atom is -0.385 e. The van der Waals surface area contributed by atoms with Crippen molar-refractivity contribution in [3.8, 4) is 0 Å². The lowest BCUT2D eigenvalue weighted by molar-refractivity contribution is -0.117. The quantitative estimate of drug-likeness (QED) is 0.219. The maximum absolute atomic E-state index is 12.5. The zero-order valence-corrected chi connectivity index (χ0v) is 17.5. The Labute approximate surface area is 177 Å². The molecule has 0 aliphatic carbocycles. The number of amides is 2. The van der Waals surface area contributed by atoms with E-state index in [0.717, 1.165) is 0 Å². The molecule has 0 fully saturated rings. The number of anilines is 1. The maximum Gasteiger partial charge on any atom is 0.258 e. The summed E-state index contributed by atoms with van der Waals surface area (Å²) in [7, 11) is 3.57. The van der Waals surface area contributed by atoms with Crippen LogP contribution in [-0.2, 0) is 14.3 Å². The van der Waals surface area contributed by atoms with Crippen molar-refractivity contribution in [3.63, 3.8) is 0 Å². The summed E-state index contributed by atoms with van der Waals surface area (Å²) in [6.45, 7) is 1.97. The molecule has 0 unspecified atom stereocenters. The first kappa shape index (κ1) is 25.0. The topological polar surface area (TPSA) is 158 Å². The van der Waals surface area contributed by atoms with Gasteiger partial charge in [-0.1, -0.05) is 12.1 Å². The van der Waals surface area contributed by atoms with Gasteiger partial charge in [0.05, 0.1) is 49.9 Å². The highest BCUT2D eigenvalue weighted by atomic mass is 16.5. The lowest BCUT2D eigenvalue weighted by atomic mass is 10.1. The highest BCUT2D eigenvalue weighted by Crippen LogP contribution is 2.15. The Morgan fingerprint density at radius 3 is 2.37 bits per heavy atom. The second kappa shape index (κ2) is 14.0. The molecule has 1 aromatic carbocycles. The number of ether oxygens (including phenoxy) is 2. The summed E-state index contributed by atoms with van der Waals surface area (Å²) in [5.74, 6) is -0.127. The van der Waals surface area contributed by atoms with Gasteiger partial charge in [-0.2, -0.15) is 0 Å². The molecular formula is C20H32N6O4. The summed E-state index contributed by atoms with van der Waals surface area (Å²) >= 11 is 0. The van der Waals surface area contributed by atoms with E-state index in [0.29, 0.717) is 37.9 Å². The van der Waals surface area contributed by atoms with Crippen molar-refractivity contribution in [2.24, 2.45) is 17.2 Å². The largest absolute Gasteiger partial charge is 0.385 e. The number of benzene rings is 1. The molecule has 166 valence electrons. The van der Waals surface area contributed by atoms with E-state index in [9.17, 15) is 9.59 Å². The van der Waals surface area contributed by atoms with Crippen LogP contribution in [0, 0.1) is 0 Å². The Morgan fingerprint density at radius 1 is 1.03 bits per heavy atom. The van der Waals surface area contributed by atoms with Crippen molar-refractivity contribution < 1.29 is 19.1 Å². The Hall–Kier alpha value is -3.08. The van der Waals surface area contributed by atoms with Crippen LogP contribution in [0.1, 0.15) is 16.8 Å². The molecule has 0 radical (unpaired) electrons. The van der Waals surface area contributed by atoms with E-state index in [4.69, 9.17) is 26.7 Å². The summed E-state index contributed by atoms with van der Waals surface area (Å²) in [5.41, 5.74) is 17.6. The molecule has 0 spiro atoms. The Morgan fingerprint density at radius 2 is 1.70 bits per heavy atom. The van der Waals surface area contributed by atoms with E-state index in [2.05, 4.69) is 10.6 Å². The van der Waals surface area contributed by atoms with Gasteiger partial charge in [-0.25, -0.2) is 0 Å². The van der Waals surface area contributed by atoms with Crippen LogP contribution >= 0.6 is 0 Å². The molecule has 10 heteroatoms. The maximum atomic E-state index is 12.5. The predicted octanol–water partition coefficient (Wildman–Crippen LogP) is -0.101. The van der Waals surface area contributed by atoms with Crippen molar-refractivity contribution >= 4 is 17.5 Å². The summed E-state index contributed by atoms with van der Waals surface area (Å²) in [6, 6.07) is 6.64. The van der Waals surface area contributed by atoms with Gasteiger partial charge in [-0.3, -0.25) is 9.59 Å². The third-order valence-electron chi connectivity index (χ3n) is 3.76. The van der Waals surface area contributed by atoms with Crippen molar-refractivity contribution in [2.75, 3.05) is 52.4 Å². The molecule has 0 atom stereocenters. The van der Waals surface area contributed by atoms with E-state index in [1.54, 1.807) is 49.3 Å². The number of para-hydroxylation sites is 1. The third kappa shape index (κ3) is 9.92. The van der Waals surface area contributed by atoms with Crippen molar-refractivity contribution in [1.82, 2.24) is 10.2 Å². The number of nitrogens with one attached hydrogen (secondary N) is 2. The van der Waals surface area contributed by atoms with Gasteiger partial charge in [0.15, 0.2) is 0 Å². The fourth-order valence-electron chi connectivity index (χ4n) is 2.14. The molecule has 0 saturated heterocycles. The number of nitrogens with zero attached hydrogens (tertiary/aromatic N) is 1. The zero-order chi connectivity index (χ0) is 22.4. The molecule has 1 rings (SSSR count). The molecule has 0 aliphatic heterocycles. The number of nitrogens with two attached hydrogens (primary N) is 3. The molecule has 1 aromatic rings. The second-order valence-electron chi connectivity index (χ2n) is 6.42. The van der Waals surface area contributed by atoms with Gasteiger partial charge in [-0.15, -0.1) is 0 Å². The highest BCUT2D eigenvalue weighted by molar-refractivity contribution is 6.04. The van der Waals surface area contributed by atoms with Crippen LogP contribution in [0.3, 0.4) is 0 Å². The summed E-state index contributed by atoms with van der Waals surface area (Å²) in [6.07, 6.45) is 3.21. The van der Waals surface area contributed by atoms with Crippen LogP contribution < -0.4 is 27.8 Å². The van der Waals surface area contributed by atoms with Gasteiger partial charge >= 0.3 is 0 Å². The Bertz CT molecular complexity index is 749.